The molecule has 1 saturated heterocycles. The van der Waals surface area contributed by atoms with E-state index in [0.29, 0.717) is 54.9 Å². The fourth-order valence-electron chi connectivity index (χ4n) is 3.96. The summed E-state index contributed by atoms with van der Waals surface area (Å²) >= 11 is 0. The number of carbonyl (C=O) groups excluding carboxylic acids is 1. The average molecular weight is 458 g/mol. The fourth-order valence-corrected chi connectivity index (χ4v) is 3.96. The number of amides is 1. The number of rotatable bonds is 6. The zero-order valence-corrected chi connectivity index (χ0v) is 18.4. The largest absolute Gasteiger partial charge is 0.483 e. The highest BCUT2D eigenvalue weighted by atomic mass is 19.1. The molecule has 0 bridgehead atoms. The van der Waals surface area contributed by atoms with Crippen LogP contribution in [0, 0.1) is 5.82 Å². The third kappa shape index (κ3) is 4.61. The van der Waals surface area contributed by atoms with E-state index in [-0.39, 0.29) is 18.3 Å². The molecule has 1 aliphatic rings. The van der Waals surface area contributed by atoms with Gasteiger partial charge in [0.25, 0.3) is 11.8 Å². The quantitative estimate of drug-likeness (QED) is 0.426. The van der Waals surface area contributed by atoms with Crippen LogP contribution in [0.1, 0.15) is 16.2 Å². The van der Waals surface area contributed by atoms with Gasteiger partial charge >= 0.3 is 0 Å². The zero-order valence-electron chi connectivity index (χ0n) is 18.4. The Hall–Kier alpha value is -4.20. The first-order valence-electron chi connectivity index (χ1n) is 11.1. The molecule has 34 heavy (non-hydrogen) atoms. The Morgan fingerprint density at radius 2 is 1.62 bits per heavy atom. The Labute approximate surface area is 196 Å². The van der Waals surface area contributed by atoms with Gasteiger partial charge in [-0.1, -0.05) is 59.8 Å². The highest BCUT2D eigenvalue weighted by Gasteiger charge is 2.25. The lowest BCUT2D eigenvalue weighted by Gasteiger charge is -2.36. The molecule has 7 nitrogen and oxygen atoms in total. The van der Waals surface area contributed by atoms with Crippen molar-refractivity contribution < 1.29 is 18.4 Å². The molecule has 2 heterocycles. The van der Waals surface area contributed by atoms with Crippen molar-refractivity contribution in [2.24, 2.45) is 0 Å². The fraction of sp³-hybridized carbons (Fsp3) is 0.192. The van der Waals surface area contributed by atoms with Crippen molar-refractivity contribution >= 4 is 11.6 Å². The number of carbonyl (C=O) groups is 1. The molecule has 0 atom stereocenters. The van der Waals surface area contributed by atoms with Crippen LogP contribution in [0.3, 0.4) is 0 Å². The Balaban J connectivity index is 1.23. The molecule has 0 N–H and O–H groups in total. The van der Waals surface area contributed by atoms with Gasteiger partial charge in [0.15, 0.2) is 6.61 Å². The summed E-state index contributed by atoms with van der Waals surface area (Å²) in [5, 5.41) is 4.00. The lowest BCUT2D eigenvalue weighted by molar-refractivity contribution is 0.0741. The predicted molar refractivity (Wildman–Crippen MR) is 125 cm³/mol. The van der Waals surface area contributed by atoms with Gasteiger partial charge in [-0.15, -0.1) is 0 Å². The van der Waals surface area contributed by atoms with E-state index in [1.54, 1.807) is 35.2 Å². The summed E-state index contributed by atoms with van der Waals surface area (Å²) in [6, 6.07) is 23.3. The van der Waals surface area contributed by atoms with E-state index in [0.717, 1.165) is 5.56 Å². The molecule has 172 valence electrons. The SMILES string of the molecule is O=C(c1ccccc1OCc1nc(-c2ccccc2)no1)N1CCN(c2ccccc2F)CC1. The Bertz CT molecular complexity index is 1270. The van der Waals surface area contributed by atoms with Gasteiger partial charge in [0, 0.05) is 31.7 Å². The first-order valence-corrected chi connectivity index (χ1v) is 11.1. The summed E-state index contributed by atoms with van der Waals surface area (Å²) in [5.74, 6) is 0.871. The second-order valence-electron chi connectivity index (χ2n) is 7.89. The van der Waals surface area contributed by atoms with E-state index < -0.39 is 0 Å². The highest BCUT2D eigenvalue weighted by Crippen LogP contribution is 2.24. The van der Waals surface area contributed by atoms with Gasteiger partial charge in [0.05, 0.1) is 11.3 Å². The molecular formula is C26H23FN4O3. The molecule has 1 amide bonds. The van der Waals surface area contributed by atoms with Crippen molar-refractivity contribution in [3.8, 4) is 17.1 Å². The van der Waals surface area contributed by atoms with E-state index in [1.165, 1.54) is 6.07 Å². The number of hydrogen-bond donors (Lipinski definition) is 0. The van der Waals surface area contributed by atoms with Crippen molar-refractivity contribution in [1.29, 1.82) is 0 Å². The predicted octanol–water partition coefficient (Wildman–Crippen LogP) is 4.42. The summed E-state index contributed by atoms with van der Waals surface area (Å²) in [6.45, 7) is 2.14. The number of benzene rings is 3. The van der Waals surface area contributed by atoms with Gasteiger partial charge in [-0.2, -0.15) is 4.98 Å². The molecule has 0 radical (unpaired) electrons. The number of nitrogens with zero attached hydrogens (tertiary/aromatic N) is 4. The van der Waals surface area contributed by atoms with Crippen molar-refractivity contribution in [2.75, 3.05) is 31.1 Å². The second kappa shape index (κ2) is 9.74. The molecule has 5 rings (SSSR count). The molecule has 8 heteroatoms. The Kier molecular flexibility index (Phi) is 6.20. The third-order valence-corrected chi connectivity index (χ3v) is 5.73. The van der Waals surface area contributed by atoms with E-state index in [1.807, 2.05) is 47.4 Å². The van der Waals surface area contributed by atoms with Crippen molar-refractivity contribution in [3.05, 3.63) is 96.1 Å². The Morgan fingerprint density at radius 1 is 0.912 bits per heavy atom. The van der Waals surface area contributed by atoms with Crippen LogP contribution in [0.15, 0.2) is 83.4 Å². The summed E-state index contributed by atoms with van der Waals surface area (Å²) in [5.41, 5.74) is 1.88. The van der Waals surface area contributed by atoms with Crippen LogP contribution in [0.4, 0.5) is 10.1 Å². The monoisotopic (exact) mass is 458 g/mol. The van der Waals surface area contributed by atoms with Crippen LogP contribution >= 0.6 is 0 Å². The number of anilines is 1. The summed E-state index contributed by atoms with van der Waals surface area (Å²) < 4.78 is 25.3. The number of piperazine rings is 1. The van der Waals surface area contributed by atoms with Crippen molar-refractivity contribution in [1.82, 2.24) is 15.0 Å². The molecular weight excluding hydrogens is 435 g/mol. The van der Waals surface area contributed by atoms with Crippen LogP contribution in [-0.2, 0) is 6.61 Å². The van der Waals surface area contributed by atoms with Crippen LogP contribution in [0.5, 0.6) is 5.75 Å². The van der Waals surface area contributed by atoms with Gasteiger partial charge in [0.1, 0.15) is 11.6 Å². The van der Waals surface area contributed by atoms with Gasteiger partial charge in [-0.25, -0.2) is 4.39 Å². The van der Waals surface area contributed by atoms with Gasteiger partial charge in [0.2, 0.25) is 5.82 Å². The van der Waals surface area contributed by atoms with Gasteiger partial charge < -0.3 is 19.1 Å². The van der Waals surface area contributed by atoms with Crippen LogP contribution in [0.25, 0.3) is 11.4 Å². The van der Waals surface area contributed by atoms with E-state index in [9.17, 15) is 9.18 Å². The molecule has 3 aromatic carbocycles. The maximum Gasteiger partial charge on any atom is 0.264 e. The van der Waals surface area contributed by atoms with Crippen LogP contribution < -0.4 is 9.64 Å². The molecule has 1 fully saturated rings. The topological polar surface area (TPSA) is 71.7 Å². The standard InChI is InChI=1S/C26H23FN4O3/c27-21-11-5-6-12-22(21)30-14-16-31(17-15-30)26(32)20-10-4-7-13-23(20)33-18-24-28-25(29-34-24)19-8-2-1-3-9-19/h1-13H,14-18H2. The number of halogens is 1. The second-order valence-corrected chi connectivity index (χ2v) is 7.89. The normalized spacial score (nSPS) is 13.7. The third-order valence-electron chi connectivity index (χ3n) is 5.73. The lowest BCUT2D eigenvalue weighted by Crippen LogP contribution is -2.49. The maximum absolute atomic E-state index is 14.1. The highest BCUT2D eigenvalue weighted by molar-refractivity contribution is 5.97. The summed E-state index contributed by atoms with van der Waals surface area (Å²) in [6.07, 6.45) is 0. The Morgan fingerprint density at radius 3 is 2.41 bits per heavy atom. The van der Waals surface area contributed by atoms with E-state index in [4.69, 9.17) is 9.26 Å². The minimum absolute atomic E-state index is 0.0468. The molecule has 0 unspecified atom stereocenters. The first-order chi connectivity index (χ1) is 16.7. The van der Waals surface area contributed by atoms with Crippen LogP contribution in [0.2, 0.25) is 0 Å². The van der Waals surface area contributed by atoms with Crippen molar-refractivity contribution in [3.63, 3.8) is 0 Å². The van der Waals surface area contributed by atoms with E-state index >= 15 is 0 Å². The van der Waals surface area contributed by atoms with Crippen molar-refractivity contribution in [2.45, 2.75) is 6.61 Å². The van der Waals surface area contributed by atoms with E-state index in [2.05, 4.69) is 10.1 Å². The molecule has 4 aromatic rings. The molecule has 1 aromatic heterocycles. The molecule has 1 aliphatic heterocycles. The maximum atomic E-state index is 14.1. The number of para-hydroxylation sites is 2. The van der Waals surface area contributed by atoms with Gasteiger partial charge in [-0.3, -0.25) is 4.79 Å². The molecule has 0 spiro atoms. The zero-order chi connectivity index (χ0) is 23.3. The summed E-state index contributed by atoms with van der Waals surface area (Å²) in [4.78, 5) is 21.3. The number of ether oxygens (including phenoxy) is 1. The van der Waals surface area contributed by atoms with Crippen LogP contribution in [-0.4, -0.2) is 47.1 Å². The average Bonchev–Trinajstić information content (AvgIpc) is 3.37. The minimum atomic E-state index is -0.252. The minimum Gasteiger partial charge on any atom is -0.483 e. The molecule has 0 saturated carbocycles. The lowest BCUT2D eigenvalue weighted by atomic mass is 10.1. The molecule has 0 aliphatic carbocycles. The smallest absolute Gasteiger partial charge is 0.264 e. The number of aromatic nitrogens is 2. The van der Waals surface area contributed by atoms with Gasteiger partial charge in [-0.05, 0) is 24.3 Å². The number of hydrogen-bond acceptors (Lipinski definition) is 6. The summed E-state index contributed by atoms with van der Waals surface area (Å²) in [7, 11) is 0. The first kappa shape index (κ1) is 21.6.